The molecule has 0 saturated carbocycles. The van der Waals surface area contributed by atoms with Crippen LogP contribution in [0.5, 0.6) is 0 Å². The normalized spacial score (nSPS) is 24.2. The Hall–Kier alpha value is -1.43. The van der Waals surface area contributed by atoms with Crippen LogP contribution in [0, 0.1) is 0 Å². The Morgan fingerprint density at radius 3 is 2.47 bits per heavy atom. The topological polar surface area (TPSA) is 69.7 Å². The Kier molecular flexibility index (Phi) is 3.89. The summed E-state index contributed by atoms with van der Waals surface area (Å²) in [5.41, 5.74) is -0.653. The van der Waals surface area contributed by atoms with Gasteiger partial charge in [0.25, 0.3) is 0 Å². The van der Waals surface area contributed by atoms with Gasteiger partial charge in [0.2, 0.25) is 11.8 Å². The van der Waals surface area contributed by atoms with Crippen LogP contribution in [-0.2, 0) is 14.4 Å². The summed E-state index contributed by atoms with van der Waals surface area (Å²) in [5.74, 6) is 0.192. The molecule has 106 valence electrons. The molecule has 19 heavy (non-hydrogen) atoms. The molecule has 0 spiro atoms. The average molecular weight is 267 g/mol. The van der Waals surface area contributed by atoms with E-state index in [4.69, 9.17) is 0 Å². The van der Waals surface area contributed by atoms with E-state index < -0.39 is 5.54 Å². The fraction of sp³-hybridized carbons (Fsp3) is 0.769. The number of hydrogen-bond donors (Lipinski definition) is 1. The number of rotatable bonds is 2. The van der Waals surface area contributed by atoms with Crippen molar-refractivity contribution in [2.24, 2.45) is 0 Å². The number of carbonyl (C=O) groups is 3. The lowest BCUT2D eigenvalue weighted by atomic mass is 9.99. The molecule has 1 N–H and O–H groups in total. The second-order valence-electron chi connectivity index (χ2n) is 5.66. The molecule has 0 radical (unpaired) electrons. The number of piperazine rings is 1. The standard InChI is InChI=1S/C13H21N3O3/c1-13(2)12(19)14-5-8-16(13)9-11(18)15-6-3-10(17)4-7-15/h3-9H2,1-2H3,(H,14,19). The first kappa shape index (κ1) is 14.0. The predicted molar refractivity (Wildman–Crippen MR) is 69.5 cm³/mol. The summed E-state index contributed by atoms with van der Waals surface area (Å²) >= 11 is 0. The van der Waals surface area contributed by atoms with Crippen LogP contribution < -0.4 is 5.32 Å². The summed E-state index contributed by atoms with van der Waals surface area (Å²) in [6.45, 7) is 6.18. The maximum absolute atomic E-state index is 12.2. The third kappa shape index (κ3) is 2.94. The third-order valence-corrected chi connectivity index (χ3v) is 4.01. The highest BCUT2D eigenvalue weighted by Gasteiger charge is 2.39. The Bertz CT molecular complexity index is 396. The Balaban J connectivity index is 1.94. The first-order valence-electron chi connectivity index (χ1n) is 6.74. The van der Waals surface area contributed by atoms with Gasteiger partial charge in [-0.2, -0.15) is 0 Å². The second kappa shape index (κ2) is 5.28. The number of amides is 2. The number of piperidine rings is 1. The molecule has 0 aromatic carbocycles. The highest BCUT2D eigenvalue weighted by atomic mass is 16.2. The molecule has 0 unspecified atom stereocenters. The molecule has 2 saturated heterocycles. The van der Waals surface area contributed by atoms with Crippen molar-refractivity contribution in [3.05, 3.63) is 0 Å². The quantitative estimate of drug-likeness (QED) is 0.724. The number of carbonyl (C=O) groups excluding carboxylic acids is 3. The van der Waals surface area contributed by atoms with Crippen molar-refractivity contribution >= 4 is 17.6 Å². The Morgan fingerprint density at radius 2 is 1.84 bits per heavy atom. The molecule has 0 aliphatic carbocycles. The van der Waals surface area contributed by atoms with Crippen LogP contribution in [0.15, 0.2) is 0 Å². The number of hydrogen-bond acceptors (Lipinski definition) is 4. The van der Waals surface area contributed by atoms with E-state index in [1.165, 1.54) is 0 Å². The molecule has 2 heterocycles. The zero-order chi connectivity index (χ0) is 14.0. The fourth-order valence-electron chi connectivity index (χ4n) is 2.49. The molecule has 0 bridgehead atoms. The molecule has 6 heteroatoms. The predicted octanol–water partition coefficient (Wildman–Crippen LogP) is -0.612. The van der Waals surface area contributed by atoms with Crippen molar-refractivity contribution in [3.8, 4) is 0 Å². The Labute approximate surface area is 113 Å². The minimum absolute atomic E-state index is 0.00951. The maximum Gasteiger partial charge on any atom is 0.240 e. The monoisotopic (exact) mass is 267 g/mol. The lowest BCUT2D eigenvalue weighted by Gasteiger charge is -2.41. The summed E-state index contributed by atoms with van der Waals surface area (Å²) in [6, 6.07) is 0. The summed E-state index contributed by atoms with van der Waals surface area (Å²) < 4.78 is 0. The van der Waals surface area contributed by atoms with E-state index in [1.807, 2.05) is 18.7 Å². The minimum atomic E-state index is -0.653. The third-order valence-electron chi connectivity index (χ3n) is 4.01. The molecular weight excluding hydrogens is 246 g/mol. The highest BCUT2D eigenvalue weighted by Crippen LogP contribution is 2.18. The second-order valence-corrected chi connectivity index (χ2v) is 5.66. The van der Waals surface area contributed by atoms with Crippen LogP contribution in [0.4, 0.5) is 0 Å². The lowest BCUT2D eigenvalue weighted by molar-refractivity contribution is -0.141. The summed E-state index contributed by atoms with van der Waals surface area (Å²) in [4.78, 5) is 38.8. The summed E-state index contributed by atoms with van der Waals surface area (Å²) in [5, 5.41) is 2.81. The zero-order valence-electron chi connectivity index (χ0n) is 11.6. The van der Waals surface area contributed by atoms with E-state index >= 15 is 0 Å². The van der Waals surface area contributed by atoms with Crippen molar-refractivity contribution in [1.29, 1.82) is 0 Å². The van der Waals surface area contributed by atoms with E-state index in [9.17, 15) is 14.4 Å². The van der Waals surface area contributed by atoms with Gasteiger partial charge in [0, 0.05) is 39.0 Å². The molecule has 0 aromatic heterocycles. The number of ketones is 1. The molecular formula is C13H21N3O3. The first-order chi connectivity index (χ1) is 8.91. The minimum Gasteiger partial charge on any atom is -0.353 e. The molecule has 6 nitrogen and oxygen atoms in total. The molecule has 2 aliphatic rings. The van der Waals surface area contributed by atoms with Crippen LogP contribution in [0.1, 0.15) is 26.7 Å². The highest BCUT2D eigenvalue weighted by molar-refractivity contribution is 5.88. The van der Waals surface area contributed by atoms with E-state index in [0.29, 0.717) is 39.0 Å². The number of nitrogens with one attached hydrogen (secondary N) is 1. The van der Waals surface area contributed by atoms with Crippen molar-refractivity contribution < 1.29 is 14.4 Å². The van der Waals surface area contributed by atoms with E-state index in [-0.39, 0.29) is 24.1 Å². The zero-order valence-corrected chi connectivity index (χ0v) is 11.6. The van der Waals surface area contributed by atoms with Gasteiger partial charge >= 0.3 is 0 Å². The van der Waals surface area contributed by atoms with Crippen molar-refractivity contribution in [3.63, 3.8) is 0 Å². The van der Waals surface area contributed by atoms with Gasteiger partial charge in [0.15, 0.2) is 0 Å². The van der Waals surface area contributed by atoms with Gasteiger partial charge in [-0.05, 0) is 13.8 Å². The van der Waals surface area contributed by atoms with Crippen LogP contribution in [0.25, 0.3) is 0 Å². The van der Waals surface area contributed by atoms with E-state index in [1.54, 1.807) is 4.90 Å². The molecule has 0 atom stereocenters. The van der Waals surface area contributed by atoms with E-state index in [2.05, 4.69) is 5.32 Å². The number of nitrogens with zero attached hydrogens (tertiary/aromatic N) is 2. The van der Waals surface area contributed by atoms with Crippen LogP contribution >= 0.6 is 0 Å². The van der Waals surface area contributed by atoms with Gasteiger partial charge in [0.1, 0.15) is 5.78 Å². The van der Waals surface area contributed by atoms with Gasteiger partial charge in [-0.1, -0.05) is 0 Å². The summed E-state index contributed by atoms with van der Waals surface area (Å²) in [6.07, 6.45) is 0.908. The van der Waals surface area contributed by atoms with Gasteiger partial charge in [-0.3, -0.25) is 19.3 Å². The SMILES string of the molecule is CC1(C)C(=O)NCCN1CC(=O)N1CCC(=O)CC1. The molecule has 2 fully saturated rings. The van der Waals surface area contributed by atoms with Crippen LogP contribution in [0.2, 0.25) is 0 Å². The number of Topliss-reactive ketones (excluding diaryl/α,β-unsaturated/α-hetero) is 1. The lowest BCUT2D eigenvalue weighted by Crippen LogP contribution is -2.63. The Morgan fingerprint density at radius 1 is 1.21 bits per heavy atom. The van der Waals surface area contributed by atoms with Crippen LogP contribution in [-0.4, -0.2) is 65.7 Å². The first-order valence-corrected chi connectivity index (χ1v) is 6.74. The average Bonchev–Trinajstić information content (AvgIpc) is 2.36. The molecule has 2 aliphatic heterocycles. The molecule has 2 rings (SSSR count). The number of likely N-dealkylation sites (tertiary alicyclic amines) is 1. The van der Waals surface area contributed by atoms with Gasteiger partial charge in [-0.25, -0.2) is 0 Å². The van der Waals surface area contributed by atoms with Gasteiger partial charge in [0.05, 0.1) is 12.1 Å². The fourth-order valence-corrected chi connectivity index (χ4v) is 2.49. The molecule has 2 amide bonds. The van der Waals surface area contributed by atoms with Crippen molar-refractivity contribution in [1.82, 2.24) is 15.1 Å². The van der Waals surface area contributed by atoms with Crippen molar-refractivity contribution in [2.75, 3.05) is 32.7 Å². The maximum atomic E-state index is 12.2. The van der Waals surface area contributed by atoms with Gasteiger partial charge < -0.3 is 10.2 Å². The summed E-state index contributed by atoms with van der Waals surface area (Å²) in [7, 11) is 0. The largest absolute Gasteiger partial charge is 0.353 e. The van der Waals surface area contributed by atoms with Crippen LogP contribution in [0.3, 0.4) is 0 Å². The smallest absolute Gasteiger partial charge is 0.240 e. The van der Waals surface area contributed by atoms with Gasteiger partial charge in [-0.15, -0.1) is 0 Å². The molecule has 0 aromatic rings. The van der Waals surface area contributed by atoms with E-state index in [0.717, 1.165) is 0 Å². The van der Waals surface area contributed by atoms with Crippen molar-refractivity contribution in [2.45, 2.75) is 32.2 Å².